The Hall–Kier alpha value is -2.89. The Morgan fingerprint density at radius 1 is 1.17 bits per heavy atom. The topological polar surface area (TPSA) is 83.7 Å². The first-order chi connectivity index (χ1) is 11.1. The van der Waals surface area contributed by atoms with Gasteiger partial charge in [0.2, 0.25) is 5.91 Å². The number of hydrazone groups is 1. The molecule has 2 rings (SSSR count). The number of carbonyl (C=O) groups is 2. The molecular weight excluding hydrogens is 294 g/mol. The van der Waals surface area contributed by atoms with E-state index in [0.29, 0.717) is 23.6 Å². The number of nitrogens with one attached hydrogen (secondary N) is 2. The molecule has 1 heterocycles. The molecule has 0 spiro atoms. The number of furan rings is 1. The second kappa shape index (κ2) is 7.93. The van der Waals surface area contributed by atoms with Gasteiger partial charge in [-0.05, 0) is 37.6 Å². The molecule has 0 aliphatic rings. The van der Waals surface area contributed by atoms with Gasteiger partial charge in [-0.3, -0.25) is 9.59 Å². The molecule has 6 nitrogen and oxygen atoms in total. The average Bonchev–Trinajstić information content (AvgIpc) is 3.04. The van der Waals surface area contributed by atoms with Crippen molar-refractivity contribution < 1.29 is 14.0 Å². The summed E-state index contributed by atoms with van der Waals surface area (Å²) < 4.78 is 5.13. The highest BCUT2D eigenvalue weighted by atomic mass is 16.3. The smallest absolute Gasteiger partial charge is 0.271 e. The van der Waals surface area contributed by atoms with Crippen molar-refractivity contribution in [3.05, 3.63) is 59.5 Å². The minimum atomic E-state index is -0.293. The van der Waals surface area contributed by atoms with Gasteiger partial charge in [0.15, 0.2) is 0 Å². The van der Waals surface area contributed by atoms with Gasteiger partial charge < -0.3 is 9.73 Å². The summed E-state index contributed by atoms with van der Waals surface area (Å²) in [5.41, 5.74) is 4.41. The average molecular weight is 313 g/mol. The van der Waals surface area contributed by atoms with Gasteiger partial charge in [0.05, 0.1) is 19.2 Å². The van der Waals surface area contributed by atoms with Crippen molar-refractivity contribution in [2.75, 3.05) is 0 Å². The zero-order valence-electron chi connectivity index (χ0n) is 13.1. The van der Waals surface area contributed by atoms with Gasteiger partial charge in [-0.2, -0.15) is 5.10 Å². The van der Waals surface area contributed by atoms with Crippen LogP contribution in [-0.2, 0) is 11.3 Å². The lowest BCUT2D eigenvalue weighted by Crippen LogP contribution is -2.26. The predicted molar refractivity (Wildman–Crippen MR) is 86.9 cm³/mol. The summed E-state index contributed by atoms with van der Waals surface area (Å²) in [5.74, 6) is 0.201. The lowest BCUT2D eigenvalue weighted by molar-refractivity contribution is -0.120. The van der Waals surface area contributed by atoms with Crippen LogP contribution in [-0.4, -0.2) is 17.5 Å². The Bertz CT molecular complexity index is 706. The van der Waals surface area contributed by atoms with E-state index in [4.69, 9.17) is 4.42 Å². The Balaban J connectivity index is 1.81. The first-order valence-corrected chi connectivity index (χ1v) is 7.24. The van der Waals surface area contributed by atoms with E-state index < -0.39 is 0 Å². The van der Waals surface area contributed by atoms with Gasteiger partial charge >= 0.3 is 0 Å². The SMILES string of the molecule is C/C(CC(=O)NCc1ccco1)=N/NC(=O)c1ccccc1C. The maximum absolute atomic E-state index is 12.0. The summed E-state index contributed by atoms with van der Waals surface area (Å²) in [6.45, 7) is 3.87. The largest absolute Gasteiger partial charge is 0.467 e. The number of nitrogens with zero attached hydrogens (tertiary/aromatic N) is 1. The predicted octanol–water partition coefficient (Wildman–Crippen LogP) is 2.40. The van der Waals surface area contributed by atoms with Crippen molar-refractivity contribution in [1.29, 1.82) is 0 Å². The van der Waals surface area contributed by atoms with Crippen LogP contribution in [0, 0.1) is 6.92 Å². The number of hydrogen-bond donors (Lipinski definition) is 2. The molecule has 0 aliphatic carbocycles. The van der Waals surface area contributed by atoms with Crippen molar-refractivity contribution in [2.24, 2.45) is 5.10 Å². The van der Waals surface area contributed by atoms with E-state index in [1.807, 2.05) is 19.1 Å². The maximum atomic E-state index is 12.0. The molecule has 23 heavy (non-hydrogen) atoms. The van der Waals surface area contributed by atoms with Crippen molar-refractivity contribution >= 4 is 17.5 Å². The number of hydrogen-bond acceptors (Lipinski definition) is 4. The minimum absolute atomic E-state index is 0.106. The maximum Gasteiger partial charge on any atom is 0.271 e. The van der Waals surface area contributed by atoms with Crippen molar-refractivity contribution in [2.45, 2.75) is 26.8 Å². The molecular formula is C17H19N3O3. The van der Waals surface area contributed by atoms with Crippen LogP contribution in [0.3, 0.4) is 0 Å². The normalized spacial score (nSPS) is 11.1. The molecule has 0 aliphatic heterocycles. The molecule has 1 aromatic heterocycles. The number of rotatable bonds is 6. The van der Waals surface area contributed by atoms with Crippen LogP contribution >= 0.6 is 0 Å². The highest BCUT2D eigenvalue weighted by Gasteiger charge is 2.08. The van der Waals surface area contributed by atoms with E-state index in [1.165, 1.54) is 0 Å². The second-order valence-corrected chi connectivity index (χ2v) is 5.14. The van der Waals surface area contributed by atoms with Gasteiger partial charge in [0, 0.05) is 11.3 Å². The standard InChI is InChI=1S/C17H19N3O3/c1-12-6-3-4-8-15(12)17(22)20-19-13(2)10-16(21)18-11-14-7-5-9-23-14/h3-9H,10-11H2,1-2H3,(H,18,21)(H,20,22)/b19-13-. The van der Waals surface area contributed by atoms with Gasteiger partial charge in [-0.15, -0.1) is 0 Å². The molecule has 2 N–H and O–H groups in total. The lowest BCUT2D eigenvalue weighted by atomic mass is 10.1. The fraction of sp³-hybridized carbons (Fsp3) is 0.235. The fourth-order valence-corrected chi connectivity index (χ4v) is 1.97. The molecule has 120 valence electrons. The molecule has 0 saturated heterocycles. The summed E-state index contributed by atoms with van der Waals surface area (Å²) >= 11 is 0. The third-order valence-corrected chi connectivity index (χ3v) is 3.19. The lowest BCUT2D eigenvalue weighted by Gasteiger charge is -2.05. The quantitative estimate of drug-likeness (QED) is 0.634. The highest BCUT2D eigenvalue weighted by molar-refractivity contribution is 6.01. The Morgan fingerprint density at radius 3 is 2.65 bits per heavy atom. The number of aryl methyl sites for hydroxylation is 1. The van der Waals surface area contributed by atoms with Crippen LogP contribution in [0.15, 0.2) is 52.2 Å². The van der Waals surface area contributed by atoms with E-state index in [0.717, 1.165) is 5.56 Å². The van der Waals surface area contributed by atoms with E-state index in [9.17, 15) is 9.59 Å². The Labute approximate surface area is 134 Å². The summed E-state index contributed by atoms with van der Waals surface area (Å²) in [6, 6.07) is 10.8. The third kappa shape index (κ3) is 5.10. The number of amides is 2. The zero-order chi connectivity index (χ0) is 16.7. The summed E-state index contributed by atoms with van der Waals surface area (Å²) in [7, 11) is 0. The van der Waals surface area contributed by atoms with Crippen LogP contribution in [0.25, 0.3) is 0 Å². The summed E-state index contributed by atoms with van der Waals surface area (Å²) in [6.07, 6.45) is 1.66. The molecule has 2 aromatic rings. The van der Waals surface area contributed by atoms with Crippen molar-refractivity contribution in [3.63, 3.8) is 0 Å². The Morgan fingerprint density at radius 2 is 1.96 bits per heavy atom. The van der Waals surface area contributed by atoms with E-state index in [-0.39, 0.29) is 18.2 Å². The van der Waals surface area contributed by atoms with Gasteiger partial charge in [-0.1, -0.05) is 18.2 Å². The van der Waals surface area contributed by atoms with Crippen molar-refractivity contribution in [3.8, 4) is 0 Å². The van der Waals surface area contributed by atoms with Gasteiger partial charge in [0.1, 0.15) is 5.76 Å². The zero-order valence-corrected chi connectivity index (χ0v) is 13.1. The van der Waals surface area contributed by atoms with Crippen molar-refractivity contribution in [1.82, 2.24) is 10.7 Å². The first-order valence-electron chi connectivity index (χ1n) is 7.24. The molecule has 1 aromatic carbocycles. The Kier molecular flexibility index (Phi) is 5.68. The van der Waals surface area contributed by atoms with Crippen LogP contribution < -0.4 is 10.7 Å². The highest BCUT2D eigenvalue weighted by Crippen LogP contribution is 2.06. The van der Waals surface area contributed by atoms with Gasteiger partial charge in [0.25, 0.3) is 5.91 Å². The number of carbonyl (C=O) groups excluding carboxylic acids is 2. The summed E-state index contributed by atoms with van der Waals surface area (Å²) in [4.78, 5) is 23.8. The van der Waals surface area contributed by atoms with Crippen LogP contribution in [0.4, 0.5) is 0 Å². The molecule has 6 heteroatoms. The number of benzene rings is 1. The van der Waals surface area contributed by atoms with Crippen LogP contribution in [0.2, 0.25) is 0 Å². The monoisotopic (exact) mass is 313 g/mol. The molecule has 0 bridgehead atoms. The molecule has 0 atom stereocenters. The molecule has 0 fully saturated rings. The summed E-state index contributed by atoms with van der Waals surface area (Å²) in [5, 5.41) is 6.68. The second-order valence-electron chi connectivity index (χ2n) is 5.14. The molecule has 0 unspecified atom stereocenters. The van der Waals surface area contributed by atoms with E-state index >= 15 is 0 Å². The van der Waals surface area contributed by atoms with Crippen LogP contribution in [0.1, 0.15) is 35.0 Å². The van der Waals surface area contributed by atoms with Crippen LogP contribution in [0.5, 0.6) is 0 Å². The third-order valence-electron chi connectivity index (χ3n) is 3.19. The molecule has 0 saturated carbocycles. The van der Waals surface area contributed by atoms with E-state index in [2.05, 4.69) is 15.8 Å². The first kappa shape index (κ1) is 16.5. The minimum Gasteiger partial charge on any atom is -0.467 e. The molecule has 2 amide bonds. The van der Waals surface area contributed by atoms with Gasteiger partial charge in [-0.25, -0.2) is 5.43 Å². The molecule has 0 radical (unpaired) electrons. The van der Waals surface area contributed by atoms with E-state index in [1.54, 1.807) is 37.5 Å². The fourth-order valence-electron chi connectivity index (χ4n) is 1.97.